The van der Waals surface area contributed by atoms with Crippen LogP contribution in [-0.4, -0.2) is 26.2 Å². The van der Waals surface area contributed by atoms with Crippen molar-refractivity contribution in [3.05, 3.63) is 35.4 Å². The Balaban J connectivity index is 1.66. The van der Waals surface area contributed by atoms with Gasteiger partial charge in [-0.25, -0.2) is 0 Å². The van der Waals surface area contributed by atoms with Crippen LogP contribution in [0.5, 0.6) is 0 Å². The number of hydrogen-bond donors (Lipinski definition) is 2. The van der Waals surface area contributed by atoms with Crippen molar-refractivity contribution in [3.8, 4) is 0 Å². The zero-order valence-electron chi connectivity index (χ0n) is 11.1. The molecule has 1 unspecified atom stereocenters. The molecule has 1 aromatic carbocycles. The molecule has 2 heterocycles. The maximum absolute atomic E-state index is 3.46. The monoisotopic (exact) mass is 244 g/mol. The Kier molecular flexibility index (Phi) is 3.96. The SMILES string of the molecule is c1cc(CC2CCNCC2)cc(C2CCNC2)c1. The molecule has 18 heavy (non-hydrogen) atoms. The van der Waals surface area contributed by atoms with Crippen LogP contribution in [0.15, 0.2) is 24.3 Å². The van der Waals surface area contributed by atoms with Crippen molar-refractivity contribution < 1.29 is 0 Å². The lowest BCUT2D eigenvalue weighted by Crippen LogP contribution is -2.28. The predicted molar refractivity (Wildman–Crippen MR) is 76.0 cm³/mol. The van der Waals surface area contributed by atoms with Gasteiger partial charge in [-0.2, -0.15) is 0 Å². The highest BCUT2D eigenvalue weighted by Gasteiger charge is 2.18. The van der Waals surface area contributed by atoms with E-state index in [1.165, 1.54) is 45.3 Å². The van der Waals surface area contributed by atoms with Crippen LogP contribution >= 0.6 is 0 Å². The summed E-state index contributed by atoms with van der Waals surface area (Å²) < 4.78 is 0. The van der Waals surface area contributed by atoms with Crippen LogP contribution in [0.3, 0.4) is 0 Å². The Morgan fingerprint density at radius 3 is 2.61 bits per heavy atom. The molecule has 0 spiro atoms. The van der Waals surface area contributed by atoms with E-state index in [1.54, 1.807) is 11.1 Å². The van der Waals surface area contributed by atoms with E-state index in [0.29, 0.717) is 0 Å². The first-order valence-corrected chi connectivity index (χ1v) is 7.42. The normalized spacial score (nSPS) is 25.4. The average molecular weight is 244 g/mol. The minimum atomic E-state index is 0.748. The third-order valence-electron chi connectivity index (χ3n) is 4.47. The van der Waals surface area contributed by atoms with Gasteiger partial charge in [0.25, 0.3) is 0 Å². The molecule has 2 fully saturated rings. The van der Waals surface area contributed by atoms with Crippen LogP contribution < -0.4 is 10.6 Å². The molecule has 0 amide bonds. The van der Waals surface area contributed by atoms with Gasteiger partial charge in [0, 0.05) is 6.54 Å². The van der Waals surface area contributed by atoms with Gasteiger partial charge < -0.3 is 10.6 Å². The molecule has 0 saturated carbocycles. The lowest BCUT2D eigenvalue weighted by molar-refractivity contribution is 0.372. The molecule has 2 N–H and O–H groups in total. The molecule has 2 aliphatic rings. The fourth-order valence-electron chi connectivity index (χ4n) is 3.33. The van der Waals surface area contributed by atoms with Crippen molar-refractivity contribution in [2.24, 2.45) is 5.92 Å². The molecule has 2 heteroatoms. The van der Waals surface area contributed by atoms with Gasteiger partial charge >= 0.3 is 0 Å². The maximum Gasteiger partial charge on any atom is 0.00206 e. The molecule has 98 valence electrons. The summed E-state index contributed by atoms with van der Waals surface area (Å²) in [5.41, 5.74) is 3.10. The summed E-state index contributed by atoms with van der Waals surface area (Å²) in [4.78, 5) is 0. The van der Waals surface area contributed by atoms with E-state index in [2.05, 4.69) is 34.9 Å². The van der Waals surface area contributed by atoms with E-state index < -0.39 is 0 Å². The Morgan fingerprint density at radius 2 is 1.83 bits per heavy atom. The minimum absolute atomic E-state index is 0.748. The van der Waals surface area contributed by atoms with Crippen molar-refractivity contribution in [1.82, 2.24) is 10.6 Å². The first kappa shape index (κ1) is 12.2. The van der Waals surface area contributed by atoms with E-state index in [-0.39, 0.29) is 0 Å². The van der Waals surface area contributed by atoms with Crippen LogP contribution in [0.25, 0.3) is 0 Å². The van der Waals surface area contributed by atoms with Gasteiger partial charge in [-0.15, -0.1) is 0 Å². The van der Waals surface area contributed by atoms with Gasteiger partial charge in [0.2, 0.25) is 0 Å². The first-order chi connectivity index (χ1) is 8.92. The summed E-state index contributed by atoms with van der Waals surface area (Å²) in [6.45, 7) is 4.76. The molecule has 0 aliphatic carbocycles. The highest BCUT2D eigenvalue weighted by Crippen LogP contribution is 2.25. The largest absolute Gasteiger partial charge is 0.317 e. The van der Waals surface area contributed by atoms with E-state index in [0.717, 1.165) is 18.4 Å². The fourth-order valence-corrected chi connectivity index (χ4v) is 3.33. The summed E-state index contributed by atoms with van der Waals surface area (Å²) in [7, 11) is 0. The number of rotatable bonds is 3. The van der Waals surface area contributed by atoms with Crippen molar-refractivity contribution in [2.75, 3.05) is 26.2 Å². The quantitative estimate of drug-likeness (QED) is 0.852. The second kappa shape index (κ2) is 5.85. The smallest absolute Gasteiger partial charge is 0.00206 e. The molecule has 3 rings (SSSR count). The molecular weight excluding hydrogens is 220 g/mol. The summed E-state index contributed by atoms with van der Waals surface area (Å²) in [6, 6.07) is 9.33. The number of nitrogens with one attached hydrogen (secondary N) is 2. The zero-order chi connectivity index (χ0) is 12.2. The van der Waals surface area contributed by atoms with Crippen LogP contribution in [-0.2, 0) is 6.42 Å². The Labute approximate surface area is 110 Å². The standard InChI is InChI=1S/C16H24N2/c1-2-14(10-13-4-7-17-8-5-13)11-15(3-1)16-6-9-18-12-16/h1-3,11,13,16-18H,4-10,12H2. The highest BCUT2D eigenvalue weighted by atomic mass is 14.9. The number of benzene rings is 1. The van der Waals surface area contributed by atoms with Crippen LogP contribution in [0, 0.1) is 5.92 Å². The van der Waals surface area contributed by atoms with E-state index >= 15 is 0 Å². The third kappa shape index (κ3) is 2.93. The van der Waals surface area contributed by atoms with Gasteiger partial charge in [0.05, 0.1) is 0 Å². The second-order valence-corrected chi connectivity index (χ2v) is 5.83. The molecular formula is C16H24N2. The summed E-state index contributed by atoms with van der Waals surface area (Å²) in [5.74, 6) is 1.64. The number of hydrogen-bond acceptors (Lipinski definition) is 2. The molecule has 2 nitrogen and oxygen atoms in total. The molecule has 0 bridgehead atoms. The Hall–Kier alpha value is -0.860. The lowest BCUT2D eigenvalue weighted by atomic mass is 9.89. The number of piperidine rings is 1. The lowest BCUT2D eigenvalue weighted by Gasteiger charge is -2.23. The first-order valence-electron chi connectivity index (χ1n) is 7.42. The van der Waals surface area contributed by atoms with Gasteiger partial charge in [-0.1, -0.05) is 24.3 Å². The molecule has 0 radical (unpaired) electrons. The summed E-state index contributed by atoms with van der Waals surface area (Å²) >= 11 is 0. The summed E-state index contributed by atoms with van der Waals surface area (Å²) in [5, 5.41) is 6.91. The third-order valence-corrected chi connectivity index (χ3v) is 4.47. The summed E-state index contributed by atoms with van der Waals surface area (Å²) in [6.07, 6.45) is 5.26. The van der Waals surface area contributed by atoms with Crippen molar-refractivity contribution in [2.45, 2.75) is 31.6 Å². The van der Waals surface area contributed by atoms with E-state index in [4.69, 9.17) is 0 Å². The molecule has 0 aromatic heterocycles. The van der Waals surface area contributed by atoms with Crippen LogP contribution in [0.4, 0.5) is 0 Å². The van der Waals surface area contributed by atoms with Gasteiger partial charge in [-0.3, -0.25) is 0 Å². The van der Waals surface area contributed by atoms with Gasteiger partial charge in [0.1, 0.15) is 0 Å². The van der Waals surface area contributed by atoms with Crippen molar-refractivity contribution in [1.29, 1.82) is 0 Å². The van der Waals surface area contributed by atoms with Crippen LogP contribution in [0.2, 0.25) is 0 Å². The minimum Gasteiger partial charge on any atom is -0.317 e. The molecule has 2 saturated heterocycles. The van der Waals surface area contributed by atoms with E-state index in [9.17, 15) is 0 Å². The van der Waals surface area contributed by atoms with Gasteiger partial charge in [-0.05, 0) is 68.3 Å². The van der Waals surface area contributed by atoms with Crippen molar-refractivity contribution in [3.63, 3.8) is 0 Å². The maximum atomic E-state index is 3.46. The Bertz CT molecular complexity index is 376. The van der Waals surface area contributed by atoms with Crippen molar-refractivity contribution >= 4 is 0 Å². The fraction of sp³-hybridized carbons (Fsp3) is 0.625. The topological polar surface area (TPSA) is 24.1 Å². The predicted octanol–water partition coefficient (Wildman–Crippen LogP) is 2.31. The Morgan fingerprint density at radius 1 is 1.00 bits per heavy atom. The van der Waals surface area contributed by atoms with Gasteiger partial charge in [0.15, 0.2) is 0 Å². The molecule has 2 aliphatic heterocycles. The average Bonchev–Trinajstić information content (AvgIpc) is 2.94. The zero-order valence-corrected chi connectivity index (χ0v) is 11.1. The second-order valence-electron chi connectivity index (χ2n) is 5.83. The molecule has 1 atom stereocenters. The van der Waals surface area contributed by atoms with E-state index in [1.807, 2.05) is 0 Å². The van der Waals surface area contributed by atoms with Crippen LogP contribution in [0.1, 0.15) is 36.3 Å². The highest BCUT2D eigenvalue weighted by molar-refractivity contribution is 5.27. The molecule has 1 aromatic rings.